The molecule has 2 aliphatic carbocycles. The molecule has 1 aromatic heterocycles. The number of pyridine rings is 1. The number of aromatic nitrogens is 1. The van der Waals surface area contributed by atoms with Crippen molar-refractivity contribution in [2.45, 2.75) is 56.1 Å². The van der Waals surface area contributed by atoms with Gasteiger partial charge in [-0.05, 0) is 61.1 Å². The van der Waals surface area contributed by atoms with Crippen molar-refractivity contribution in [2.75, 3.05) is 0 Å². The molecule has 0 aliphatic heterocycles. The van der Waals surface area contributed by atoms with Crippen LogP contribution in [0.4, 0.5) is 0 Å². The van der Waals surface area contributed by atoms with E-state index in [2.05, 4.69) is 10.3 Å². The molecule has 27 heavy (non-hydrogen) atoms. The molecule has 2 aliphatic rings. The average molecular weight is 385 g/mol. The van der Waals surface area contributed by atoms with Crippen LogP contribution in [0, 0.1) is 0 Å². The minimum Gasteiger partial charge on any atom is -0.353 e. The maximum absolute atomic E-state index is 13.3. The molecule has 1 saturated carbocycles. The summed E-state index contributed by atoms with van der Waals surface area (Å²) in [6.07, 6.45) is 4.88. The summed E-state index contributed by atoms with van der Waals surface area (Å²) in [4.78, 5) is 15.9. The molecule has 2 aromatic rings. The van der Waals surface area contributed by atoms with Gasteiger partial charge in [0.2, 0.25) is 15.9 Å². The van der Waals surface area contributed by atoms with Gasteiger partial charge < -0.3 is 5.32 Å². The van der Waals surface area contributed by atoms with Crippen LogP contribution in [0.1, 0.15) is 36.6 Å². The number of rotatable bonds is 6. The molecule has 1 atom stereocenters. The number of fused-ring (bicyclic) bond motifs is 1. The minimum absolute atomic E-state index is 0.0449. The highest BCUT2D eigenvalue weighted by Crippen LogP contribution is 2.34. The fourth-order valence-electron chi connectivity index (χ4n) is 3.70. The molecule has 0 radical (unpaired) electrons. The molecule has 1 N–H and O–H groups in total. The fourth-order valence-corrected chi connectivity index (χ4v) is 5.41. The van der Waals surface area contributed by atoms with Gasteiger partial charge in [-0.25, -0.2) is 8.42 Å². The monoisotopic (exact) mass is 385 g/mol. The van der Waals surface area contributed by atoms with Crippen molar-refractivity contribution in [3.05, 3.63) is 59.4 Å². The van der Waals surface area contributed by atoms with E-state index >= 15 is 0 Å². The summed E-state index contributed by atoms with van der Waals surface area (Å²) in [5.74, 6) is -0.0593. The number of hydrogen-bond acceptors (Lipinski definition) is 4. The molecular formula is C20H23N3O3S. The number of nitrogens with one attached hydrogen (secondary N) is 1. The first-order valence-corrected chi connectivity index (χ1v) is 10.7. The van der Waals surface area contributed by atoms with Crippen molar-refractivity contribution in [3.63, 3.8) is 0 Å². The summed E-state index contributed by atoms with van der Waals surface area (Å²) in [7, 11) is -3.59. The van der Waals surface area contributed by atoms with E-state index in [9.17, 15) is 13.2 Å². The van der Waals surface area contributed by atoms with Crippen LogP contribution in [0.25, 0.3) is 0 Å². The third-order valence-corrected chi connectivity index (χ3v) is 7.02. The maximum Gasteiger partial charge on any atom is 0.243 e. The lowest BCUT2D eigenvalue weighted by Crippen LogP contribution is -2.33. The van der Waals surface area contributed by atoms with Crippen LogP contribution in [0.5, 0.6) is 0 Å². The van der Waals surface area contributed by atoms with E-state index < -0.39 is 10.0 Å². The quantitative estimate of drug-likeness (QED) is 0.825. The van der Waals surface area contributed by atoms with Crippen molar-refractivity contribution in [1.82, 2.24) is 14.6 Å². The second-order valence-electron chi connectivity index (χ2n) is 7.34. The Morgan fingerprint density at radius 3 is 2.63 bits per heavy atom. The summed E-state index contributed by atoms with van der Waals surface area (Å²) in [6.45, 7) is 1.80. The van der Waals surface area contributed by atoms with E-state index in [0.29, 0.717) is 17.9 Å². The number of benzene rings is 1. The number of sulfonamides is 1. The largest absolute Gasteiger partial charge is 0.353 e. The second-order valence-corrected chi connectivity index (χ2v) is 9.23. The van der Waals surface area contributed by atoms with Crippen molar-refractivity contribution in [3.8, 4) is 0 Å². The lowest BCUT2D eigenvalue weighted by atomic mass is 10.1. The van der Waals surface area contributed by atoms with Gasteiger partial charge in [0.1, 0.15) is 0 Å². The number of carbonyl (C=O) groups excluding carboxylic acids is 1. The molecule has 0 unspecified atom stereocenters. The van der Waals surface area contributed by atoms with Gasteiger partial charge in [0.05, 0.1) is 17.1 Å². The second kappa shape index (κ2) is 7.05. The van der Waals surface area contributed by atoms with Gasteiger partial charge >= 0.3 is 0 Å². The van der Waals surface area contributed by atoms with Crippen molar-refractivity contribution in [2.24, 2.45) is 0 Å². The number of hydrogen-bond donors (Lipinski definition) is 1. The van der Waals surface area contributed by atoms with Gasteiger partial charge in [-0.15, -0.1) is 0 Å². The molecule has 1 heterocycles. The van der Waals surface area contributed by atoms with E-state index in [4.69, 9.17) is 0 Å². The summed E-state index contributed by atoms with van der Waals surface area (Å²) < 4.78 is 28.2. The molecule has 142 valence electrons. The summed E-state index contributed by atoms with van der Waals surface area (Å²) in [6, 6.07) is 11.0. The highest BCUT2D eigenvalue weighted by Gasteiger charge is 2.38. The van der Waals surface area contributed by atoms with E-state index in [-0.39, 0.29) is 18.0 Å². The van der Waals surface area contributed by atoms with E-state index in [0.717, 1.165) is 36.1 Å². The molecule has 0 saturated heterocycles. The molecule has 6 nitrogen and oxygen atoms in total. The predicted octanol–water partition coefficient (Wildman–Crippen LogP) is 2.04. The van der Waals surface area contributed by atoms with Crippen LogP contribution in [0.2, 0.25) is 0 Å². The lowest BCUT2D eigenvalue weighted by molar-refractivity contribution is -0.119. The van der Waals surface area contributed by atoms with E-state index in [1.165, 1.54) is 6.92 Å². The maximum atomic E-state index is 13.3. The van der Waals surface area contributed by atoms with Gasteiger partial charge in [-0.2, -0.15) is 4.31 Å². The zero-order valence-electron chi connectivity index (χ0n) is 15.3. The summed E-state index contributed by atoms with van der Waals surface area (Å²) >= 11 is 0. The Kier molecular flexibility index (Phi) is 4.74. The Balaban J connectivity index is 1.59. The van der Waals surface area contributed by atoms with Crippen molar-refractivity contribution >= 4 is 15.9 Å². The highest BCUT2D eigenvalue weighted by atomic mass is 32.2. The fraction of sp³-hybridized carbons (Fsp3) is 0.400. The topological polar surface area (TPSA) is 79.4 Å². The predicted molar refractivity (Wildman–Crippen MR) is 101 cm³/mol. The minimum atomic E-state index is -3.59. The normalized spacial score (nSPS) is 19.1. The number of carbonyl (C=O) groups is 1. The first kappa shape index (κ1) is 18.1. The third kappa shape index (κ3) is 3.89. The van der Waals surface area contributed by atoms with Gasteiger partial charge in [0.15, 0.2) is 0 Å². The smallest absolute Gasteiger partial charge is 0.243 e. The molecule has 0 spiro atoms. The van der Waals surface area contributed by atoms with Gasteiger partial charge in [0.25, 0.3) is 0 Å². The van der Waals surface area contributed by atoms with E-state index in [1.54, 1.807) is 22.6 Å². The standard InChI is InChI=1S/C20H23N3O3S/c1-14(24)22-18-10-15-5-8-20(12-16(15)11-18)27(25,26)23(19-6-7-19)13-17-4-2-3-9-21-17/h2-5,8-9,12,18-19H,6-7,10-11,13H2,1H3,(H,22,24)/t18-/m0/s1. The Labute approximate surface area is 159 Å². The van der Waals surface area contributed by atoms with Crippen molar-refractivity contribution in [1.29, 1.82) is 0 Å². The van der Waals surface area contributed by atoms with Crippen LogP contribution >= 0.6 is 0 Å². The SMILES string of the molecule is CC(=O)N[C@H]1Cc2ccc(S(=O)(=O)N(Cc3ccccn3)C3CC3)cc2C1. The summed E-state index contributed by atoms with van der Waals surface area (Å²) in [5.41, 5.74) is 2.86. The zero-order chi connectivity index (χ0) is 19.0. The van der Waals surface area contributed by atoms with Crippen LogP contribution in [-0.4, -0.2) is 35.7 Å². The molecule has 4 rings (SSSR count). The first-order valence-electron chi connectivity index (χ1n) is 9.24. The van der Waals surface area contributed by atoms with Gasteiger partial charge in [-0.1, -0.05) is 12.1 Å². The Bertz CT molecular complexity index is 956. The Morgan fingerprint density at radius 2 is 1.96 bits per heavy atom. The summed E-state index contributed by atoms with van der Waals surface area (Å²) in [5, 5.41) is 2.92. The van der Waals surface area contributed by atoms with Gasteiger partial charge in [0, 0.05) is 25.2 Å². The molecule has 1 amide bonds. The average Bonchev–Trinajstić information content (AvgIpc) is 3.39. The molecule has 7 heteroatoms. The zero-order valence-corrected chi connectivity index (χ0v) is 16.1. The van der Waals surface area contributed by atoms with Gasteiger partial charge in [-0.3, -0.25) is 9.78 Å². The van der Waals surface area contributed by atoms with E-state index in [1.807, 2.05) is 24.3 Å². The first-order chi connectivity index (χ1) is 12.9. The van der Waals surface area contributed by atoms with Crippen LogP contribution < -0.4 is 5.32 Å². The third-order valence-electron chi connectivity index (χ3n) is 5.12. The van der Waals surface area contributed by atoms with Crippen LogP contribution in [0.15, 0.2) is 47.5 Å². The number of nitrogens with zero attached hydrogens (tertiary/aromatic N) is 2. The molecule has 0 bridgehead atoms. The lowest BCUT2D eigenvalue weighted by Gasteiger charge is -2.22. The number of amides is 1. The van der Waals surface area contributed by atoms with Crippen LogP contribution in [-0.2, 0) is 34.2 Å². The Morgan fingerprint density at radius 1 is 1.19 bits per heavy atom. The molecule has 1 fully saturated rings. The molecule has 1 aromatic carbocycles. The molecular weight excluding hydrogens is 362 g/mol. The Hall–Kier alpha value is -2.25. The van der Waals surface area contributed by atoms with Crippen LogP contribution in [0.3, 0.4) is 0 Å². The van der Waals surface area contributed by atoms with Crippen molar-refractivity contribution < 1.29 is 13.2 Å². The highest BCUT2D eigenvalue weighted by molar-refractivity contribution is 7.89.